The van der Waals surface area contributed by atoms with E-state index in [4.69, 9.17) is 21.1 Å². The summed E-state index contributed by atoms with van der Waals surface area (Å²) in [6, 6.07) is 25.3. The summed E-state index contributed by atoms with van der Waals surface area (Å²) in [5.41, 5.74) is -0.287. The number of halogens is 1. The van der Waals surface area contributed by atoms with Gasteiger partial charge in [0.25, 0.3) is 0 Å². The number of para-hydroxylation sites is 2. The van der Waals surface area contributed by atoms with Crippen molar-refractivity contribution in [2.24, 2.45) is 0 Å². The number of carbonyl (C=O) groups is 1. The maximum absolute atomic E-state index is 13.4. The first kappa shape index (κ1) is 21.4. The number of nitrogens with zero attached hydrogens (tertiary/aromatic N) is 1. The van der Waals surface area contributed by atoms with Gasteiger partial charge in [0.05, 0.1) is 10.4 Å². The first-order valence-corrected chi connectivity index (χ1v) is 9.87. The Morgan fingerprint density at radius 3 is 2.20 bits per heavy atom. The predicted octanol–water partition coefficient (Wildman–Crippen LogP) is 6.23. The highest BCUT2D eigenvalue weighted by molar-refractivity contribution is 6.26. The van der Waals surface area contributed by atoms with E-state index in [0.717, 1.165) is 0 Å². The fraction of sp³-hybridized carbons (Fsp3) is 0.200. The molecule has 4 nitrogen and oxygen atoms in total. The Bertz CT molecular complexity index is 1080. The van der Waals surface area contributed by atoms with E-state index >= 15 is 0 Å². The summed E-state index contributed by atoms with van der Waals surface area (Å²) in [6.07, 6.45) is 0. The van der Waals surface area contributed by atoms with Crippen LogP contribution in [0.3, 0.4) is 0 Å². The molecule has 0 N–H and O–H groups in total. The summed E-state index contributed by atoms with van der Waals surface area (Å²) in [7, 11) is 0. The summed E-state index contributed by atoms with van der Waals surface area (Å²) in [5.74, 6) is 0.916. The molecular weight excluding hydrogens is 398 g/mol. The summed E-state index contributed by atoms with van der Waals surface area (Å²) >= 11 is 6.72. The van der Waals surface area contributed by atoms with Gasteiger partial charge >= 0.3 is 5.97 Å². The van der Waals surface area contributed by atoms with Gasteiger partial charge in [-0.15, -0.1) is 11.6 Å². The monoisotopic (exact) mass is 419 g/mol. The molecule has 0 aliphatic carbocycles. The molecule has 0 bridgehead atoms. The van der Waals surface area contributed by atoms with Crippen molar-refractivity contribution >= 4 is 17.6 Å². The molecule has 1 atom stereocenters. The molecule has 0 heterocycles. The number of nitriles is 1. The SMILES string of the molecule is CC(C)(Cl)C(C)(C(=O)Oc1ccccc1C#N)c1cccc(Oc2ccccc2)c1. The van der Waals surface area contributed by atoms with Gasteiger partial charge in [-0.05, 0) is 62.7 Å². The third-order valence-corrected chi connectivity index (χ3v) is 5.58. The van der Waals surface area contributed by atoms with E-state index in [9.17, 15) is 10.1 Å². The van der Waals surface area contributed by atoms with E-state index < -0.39 is 16.3 Å². The van der Waals surface area contributed by atoms with E-state index in [-0.39, 0.29) is 11.3 Å². The Hall–Kier alpha value is -3.29. The van der Waals surface area contributed by atoms with Gasteiger partial charge in [0, 0.05) is 0 Å². The summed E-state index contributed by atoms with van der Waals surface area (Å²) in [5, 5.41) is 9.30. The second kappa shape index (κ2) is 8.61. The summed E-state index contributed by atoms with van der Waals surface area (Å²) < 4.78 is 11.6. The maximum Gasteiger partial charge on any atom is 0.323 e. The number of hydrogen-bond donors (Lipinski definition) is 0. The molecule has 0 saturated heterocycles. The van der Waals surface area contributed by atoms with Gasteiger partial charge in [0.2, 0.25) is 0 Å². The number of rotatable bonds is 6. The number of ether oxygens (including phenoxy) is 2. The van der Waals surface area contributed by atoms with Crippen molar-refractivity contribution in [3.05, 3.63) is 90.0 Å². The van der Waals surface area contributed by atoms with Crippen molar-refractivity contribution in [2.45, 2.75) is 31.1 Å². The number of benzene rings is 3. The molecule has 0 radical (unpaired) electrons. The molecular formula is C25H22ClNO3. The highest BCUT2D eigenvalue weighted by Gasteiger charge is 2.49. The topological polar surface area (TPSA) is 59.3 Å². The van der Waals surface area contributed by atoms with Crippen LogP contribution in [0, 0.1) is 11.3 Å². The lowest BCUT2D eigenvalue weighted by Gasteiger charge is -2.38. The molecule has 0 aliphatic rings. The van der Waals surface area contributed by atoms with Crippen LogP contribution in [0.4, 0.5) is 0 Å². The second-order valence-electron chi connectivity index (χ2n) is 7.54. The maximum atomic E-state index is 13.4. The Balaban J connectivity index is 1.98. The molecule has 0 fully saturated rings. The van der Waals surface area contributed by atoms with Crippen LogP contribution in [0.15, 0.2) is 78.9 Å². The zero-order chi connectivity index (χ0) is 21.8. The first-order chi connectivity index (χ1) is 14.3. The van der Waals surface area contributed by atoms with Crippen LogP contribution in [0.5, 0.6) is 17.2 Å². The van der Waals surface area contributed by atoms with E-state index in [1.165, 1.54) is 0 Å². The smallest absolute Gasteiger partial charge is 0.323 e. The Labute approximate surface area is 181 Å². The summed E-state index contributed by atoms with van der Waals surface area (Å²) in [4.78, 5) is 12.4. The number of carbonyl (C=O) groups excluding carboxylic acids is 1. The van der Waals surface area contributed by atoms with E-state index in [1.54, 1.807) is 51.1 Å². The number of esters is 1. The normalized spacial score (nSPS) is 13.0. The molecule has 0 spiro atoms. The Morgan fingerprint density at radius 2 is 1.53 bits per heavy atom. The summed E-state index contributed by atoms with van der Waals surface area (Å²) in [6.45, 7) is 5.26. The number of hydrogen-bond acceptors (Lipinski definition) is 4. The van der Waals surface area contributed by atoms with E-state index in [1.807, 2.05) is 54.6 Å². The standard InChI is InChI=1S/C25H22ClNO3/c1-24(2,26)25(3,23(28)30-22-15-8-7-10-18(22)17-27)19-11-9-14-21(16-19)29-20-12-5-4-6-13-20/h4-16H,1-3H3. The highest BCUT2D eigenvalue weighted by atomic mass is 35.5. The minimum atomic E-state index is -1.22. The second-order valence-corrected chi connectivity index (χ2v) is 8.48. The zero-order valence-electron chi connectivity index (χ0n) is 17.1. The van der Waals surface area contributed by atoms with Gasteiger partial charge in [-0.1, -0.05) is 42.5 Å². The molecule has 0 aromatic heterocycles. The lowest BCUT2D eigenvalue weighted by Crippen LogP contribution is -2.49. The Morgan fingerprint density at radius 1 is 0.900 bits per heavy atom. The highest BCUT2D eigenvalue weighted by Crippen LogP contribution is 2.42. The molecule has 3 aromatic rings. The van der Waals surface area contributed by atoms with Crippen LogP contribution in [0.25, 0.3) is 0 Å². The Kier molecular flexibility index (Phi) is 6.14. The third-order valence-electron chi connectivity index (χ3n) is 5.20. The van der Waals surface area contributed by atoms with Crippen molar-refractivity contribution in [2.75, 3.05) is 0 Å². The number of alkyl halides is 1. The molecule has 1 unspecified atom stereocenters. The average molecular weight is 420 g/mol. The van der Waals surface area contributed by atoms with Gasteiger partial charge in [-0.3, -0.25) is 4.79 Å². The fourth-order valence-electron chi connectivity index (χ4n) is 3.05. The molecule has 0 saturated carbocycles. The van der Waals surface area contributed by atoms with Crippen LogP contribution in [0.1, 0.15) is 31.9 Å². The van der Waals surface area contributed by atoms with Crippen LogP contribution >= 0.6 is 11.6 Å². The molecule has 0 aliphatic heterocycles. The van der Waals surface area contributed by atoms with Crippen LogP contribution < -0.4 is 9.47 Å². The lowest BCUT2D eigenvalue weighted by molar-refractivity contribution is -0.141. The van der Waals surface area contributed by atoms with Crippen LogP contribution in [-0.4, -0.2) is 10.8 Å². The minimum absolute atomic E-state index is 0.203. The average Bonchev–Trinajstić information content (AvgIpc) is 2.73. The van der Waals surface area contributed by atoms with Crippen LogP contribution in [-0.2, 0) is 10.2 Å². The molecule has 3 aromatic carbocycles. The van der Waals surface area contributed by atoms with Crippen molar-refractivity contribution < 1.29 is 14.3 Å². The van der Waals surface area contributed by atoms with E-state index in [2.05, 4.69) is 0 Å². The third kappa shape index (κ3) is 4.32. The fourth-order valence-corrected chi connectivity index (χ4v) is 3.24. The quantitative estimate of drug-likeness (QED) is 0.270. The van der Waals surface area contributed by atoms with Gasteiger partial charge in [-0.25, -0.2) is 0 Å². The predicted molar refractivity (Wildman–Crippen MR) is 117 cm³/mol. The molecule has 152 valence electrons. The largest absolute Gasteiger partial charge is 0.457 e. The molecule has 30 heavy (non-hydrogen) atoms. The molecule has 5 heteroatoms. The molecule has 0 amide bonds. The van der Waals surface area contributed by atoms with Crippen molar-refractivity contribution in [3.8, 4) is 23.3 Å². The van der Waals surface area contributed by atoms with Crippen molar-refractivity contribution in [1.29, 1.82) is 5.26 Å². The van der Waals surface area contributed by atoms with Gasteiger partial charge in [0.15, 0.2) is 0 Å². The van der Waals surface area contributed by atoms with Gasteiger partial charge < -0.3 is 9.47 Å². The van der Waals surface area contributed by atoms with E-state index in [0.29, 0.717) is 17.1 Å². The van der Waals surface area contributed by atoms with Gasteiger partial charge in [0.1, 0.15) is 28.7 Å². The minimum Gasteiger partial charge on any atom is -0.457 e. The first-order valence-electron chi connectivity index (χ1n) is 9.49. The van der Waals surface area contributed by atoms with Gasteiger partial charge in [-0.2, -0.15) is 5.26 Å². The van der Waals surface area contributed by atoms with Crippen molar-refractivity contribution in [1.82, 2.24) is 0 Å². The van der Waals surface area contributed by atoms with Crippen molar-refractivity contribution in [3.63, 3.8) is 0 Å². The lowest BCUT2D eigenvalue weighted by atomic mass is 9.72. The zero-order valence-corrected chi connectivity index (χ0v) is 17.8. The molecule has 3 rings (SSSR count). The van der Waals surface area contributed by atoms with Crippen LogP contribution in [0.2, 0.25) is 0 Å².